The van der Waals surface area contributed by atoms with Crippen LogP contribution in [0, 0.1) is 0 Å². The molecule has 0 spiro atoms. The van der Waals surface area contributed by atoms with Crippen molar-refractivity contribution in [2.24, 2.45) is 0 Å². The molecule has 1 heterocycles. The van der Waals surface area contributed by atoms with E-state index >= 15 is 0 Å². The van der Waals surface area contributed by atoms with E-state index in [9.17, 15) is 9.90 Å². The normalized spacial score (nSPS) is 12.6. The minimum atomic E-state index is -1.01. The summed E-state index contributed by atoms with van der Waals surface area (Å²) in [5.74, 6) is -0.282. The van der Waals surface area contributed by atoms with Crippen LogP contribution in [-0.4, -0.2) is 15.9 Å². The summed E-state index contributed by atoms with van der Waals surface area (Å²) in [5.41, 5.74) is 2.14. The molecule has 3 nitrogen and oxygen atoms in total. The Hall–Kier alpha value is -3.04. The minimum absolute atomic E-state index is 0.282. The topological polar surface area (TPSA) is 50.2 Å². The number of carbonyl (C=O) groups is 1. The van der Waals surface area contributed by atoms with Crippen LogP contribution in [0.2, 0.25) is 0 Å². The third kappa shape index (κ3) is 3.65. The van der Waals surface area contributed by atoms with Gasteiger partial charge in [0, 0.05) is 11.8 Å². The second kappa shape index (κ2) is 7.49. The minimum Gasteiger partial charge on any atom is -0.384 e. The Morgan fingerprint density at radius 2 is 1.50 bits per heavy atom. The number of rotatable bonds is 5. The van der Waals surface area contributed by atoms with Crippen LogP contribution in [0.5, 0.6) is 0 Å². The van der Waals surface area contributed by atoms with E-state index in [-0.39, 0.29) is 5.78 Å². The maximum Gasteiger partial charge on any atom is 0.210 e. The summed E-state index contributed by atoms with van der Waals surface area (Å²) in [6.07, 6.45) is 2.28. The molecule has 24 heavy (non-hydrogen) atoms. The molecule has 118 valence electrons. The van der Waals surface area contributed by atoms with Crippen LogP contribution >= 0.6 is 0 Å². The smallest absolute Gasteiger partial charge is 0.210 e. The molecular formula is C21H17NO2. The van der Waals surface area contributed by atoms with Crippen molar-refractivity contribution < 1.29 is 9.90 Å². The van der Waals surface area contributed by atoms with Crippen LogP contribution in [0.3, 0.4) is 0 Å². The Labute approximate surface area is 140 Å². The van der Waals surface area contributed by atoms with Gasteiger partial charge >= 0.3 is 0 Å². The van der Waals surface area contributed by atoms with E-state index in [1.165, 1.54) is 0 Å². The summed E-state index contributed by atoms with van der Waals surface area (Å²) in [6, 6.07) is 23.8. The van der Waals surface area contributed by atoms with Gasteiger partial charge in [-0.2, -0.15) is 0 Å². The lowest BCUT2D eigenvalue weighted by atomic mass is 9.94. The Morgan fingerprint density at radius 1 is 0.875 bits per heavy atom. The number of nitrogens with zero attached hydrogens (tertiary/aromatic N) is 1. The van der Waals surface area contributed by atoms with E-state index in [1.54, 1.807) is 42.6 Å². The van der Waals surface area contributed by atoms with Crippen LogP contribution in [-0.2, 0) is 0 Å². The fraction of sp³-hybridized carbons (Fsp3) is 0.0476. The van der Waals surface area contributed by atoms with Gasteiger partial charge < -0.3 is 5.11 Å². The number of benzene rings is 2. The lowest BCUT2D eigenvalue weighted by Crippen LogP contribution is -2.13. The summed E-state index contributed by atoms with van der Waals surface area (Å²) in [7, 11) is 0. The Bertz CT molecular complexity index is 827. The molecule has 0 fully saturated rings. The van der Waals surface area contributed by atoms with Crippen molar-refractivity contribution >= 4 is 11.9 Å². The number of hydrogen-bond acceptors (Lipinski definition) is 3. The lowest BCUT2D eigenvalue weighted by molar-refractivity contribution is 0.0985. The highest BCUT2D eigenvalue weighted by molar-refractivity contribution is 6.10. The standard InChI is InChI=1S/C21H17NO2/c23-20(17-11-5-2-6-12-17)18(15-16-9-3-1-4-10-16)21(24)19-13-7-8-14-22-19/h1-15,20,23H/b18-15-. The van der Waals surface area contributed by atoms with Crippen molar-refractivity contribution in [3.05, 3.63) is 107 Å². The van der Waals surface area contributed by atoms with Crippen molar-refractivity contribution in [1.82, 2.24) is 4.98 Å². The number of aromatic nitrogens is 1. The van der Waals surface area contributed by atoms with Gasteiger partial charge in [-0.25, -0.2) is 0 Å². The first-order chi connectivity index (χ1) is 11.8. The number of aliphatic hydroxyl groups is 1. The number of aliphatic hydroxyl groups excluding tert-OH is 1. The van der Waals surface area contributed by atoms with E-state index in [4.69, 9.17) is 0 Å². The molecule has 0 saturated heterocycles. The molecule has 0 amide bonds. The zero-order valence-corrected chi connectivity index (χ0v) is 13.0. The predicted octanol–water partition coefficient (Wildman–Crippen LogP) is 4.08. The molecule has 3 aromatic rings. The maximum atomic E-state index is 12.9. The Morgan fingerprint density at radius 3 is 2.12 bits per heavy atom. The van der Waals surface area contributed by atoms with Crippen LogP contribution in [0.1, 0.15) is 27.7 Å². The van der Waals surface area contributed by atoms with Gasteiger partial charge in [-0.05, 0) is 29.3 Å². The van der Waals surface area contributed by atoms with Gasteiger partial charge in [-0.15, -0.1) is 0 Å². The van der Waals surface area contributed by atoms with E-state index in [0.717, 1.165) is 5.56 Å². The highest BCUT2D eigenvalue weighted by Crippen LogP contribution is 2.26. The third-order valence-electron chi connectivity index (χ3n) is 3.69. The summed E-state index contributed by atoms with van der Waals surface area (Å²) in [4.78, 5) is 17.0. The van der Waals surface area contributed by atoms with Crippen LogP contribution < -0.4 is 0 Å². The van der Waals surface area contributed by atoms with Crippen molar-refractivity contribution in [2.75, 3.05) is 0 Å². The highest BCUT2D eigenvalue weighted by atomic mass is 16.3. The summed E-state index contributed by atoms with van der Waals surface area (Å²) in [6.45, 7) is 0. The fourth-order valence-corrected chi connectivity index (χ4v) is 2.46. The molecule has 1 N–H and O–H groups in total. The largest absolute Gasteiger partial charge is 0.384 e. The van der Waals surface area contributed by atoms with Crippen molar-refractivity contribution in [2.45, 2.75) is 6.10 Å². The molecule has 0 bridgehead atoms. The number of Topliss-reactive ketones (excluding diaryl/α,β-unsaturated/α-hetero) is 1. The van der Waals surface area contributed by atoms with Gasteiger partial charge in [0.15, 0.2) is 0 Å². The predicted molar refractivity (Wildman–Crippen MR) is 94.4 cm³/mol. The Balaban J connectivity index is 2.04. The number of ketones is 1. The molecule has 0 radical (unpaired) electrons. The molecule has 1 unspecified atom stereocenters. The first-order valence-corrected chi connectivity index (χ1v) is 7.71. The summed E-state index contributed by atoms with van der Waals surface area (Å²) in [5, 5.41) is 10.8. The molecule has 0 aliphatic rings. The van der Waals surface area contributed by atoms with Gasteiger partial charge in [-0.3, -0.25) is 9.78 Å². The molecule has 0 aliphatic carbocycles. The first kappa shape index (κ1) is 15.8. The number of pyridine rings is 1. The lowest BCUT2D eigenvalue weighted by Gasteiger charge is -2.15. The number of carbonyl (C=O) groups excluding carboxylic acids is 1. The Kier molecular flexibility index (Phi) is 4.94. The molecule has 0 saturated carbocycles. The second-order valence-corrected chi connectivity index (χ2v) is 5.37. The molecule has 2 aromatic carbocycles. The molecule has 1 aromatic heterocycles. The fourth-order valence-electron chi connectivity index (χ4n) is 2.46. The quantitative estimate of drug-likeness (QED) is 0.570. The summed E-state index contributed by atoms with van der Waals surface area (Å²) >= 11 is 0. The molecule has 3 rings (SSSR count). The number of hydrogen-bond donors (Lipinski definition) is 1. The van der Waals surface area contributed by atoms with Gasteiger partial charge in [0.05, 0.1) is 0 Å². The van der Waals surface area contributed by atoms with E-state index in [2.05, 4.69) is 4.98 Å². The molecular weight excluding hydrogens is 298 g/mol. The van der Waals surface area contributed by atoms with Gasteiger partial charge in [0.1, 0.15) is 11.8 Å². The average molecular weight is 315 g/mol. The third-order valence-corrected chi connectivity index (χ3v) is 3.69. The van der Waals surface area contributed by atoms with Crippen molar-refractivity contribution in [3.8, 4) is 0 Å². The molecule has 0 aliphatic heterocycles. The van der Waals surface area contributed by atoms with Gasteiger partial charge in [0.2, 0.25) is 5.78 Å². The maximum absolute atomic E-state index is 12.9. The molecule has 3 heteroatoms. The van der Waals surface area contributed by atoms with Crippen molar-refractivity contribution in [3.63, 3.8) is 0 Å². The average Bonchev–Trinajstić information content (AvgIpc) is 2.67. The SMILES string of the molecule is O=C(/C(=C\c1ccccc1)C(O)c1ccccc1)c1ccccn1. The zero-order valence-electron chi connectivity index (χ0n) is 13.0. The highest BCUT2D eigenvalue weighted by Gasteiger charge is 2.22. The molecule has 1 atom stereocenters. The van der Waals surface area contributed by atoms with Crippen LogP contribution in [0.4, 0.5) is 0 Å². The van der Waals surface area contributed by atoms with E-state index < -0.39 is 6.10 Å². The monoisotopic (exact) mass is 315 g/mol. The van der Waals surface area contributed by atoms with E-state index in [0.29, 0.717) is 16.8 Å². The van der Waals surface area contributed by atoms with E-state index in [1.807, 2.05) is 48.5 Å². The second-order valence-electron chi connectivity index (χ2n) is 5.37. The van der Waals surface area contributed by atoms with Crippen LogP contribution in [0.15, 0.2) is 90.6 Å². The first-order valence-electron chi connectivity index (χ1n) is 7.71. The summed E-state index contributed by atoms with van der Waals surface area (Å²) < 4.78 is 0. The van der Waals surface area contributed by atoms with Crippen LogP contribution in [0.25, 0.3) is 6.08 Å². The van der Waals surface area contributed by atoms with Gasteiger partial charge in [-0.1, -0.05) is 66.7 Å². The zero-order chi connectivity index (χ0) is 16.8. The van der Waals surface area contributed by atoms with Gasteiger partial charge in [0.25, 0.3) is 0 Å². The van der Waals surface area contributed by atoms with Crippen molar-refractivity contribution in [1.29, 1.82) is 0 Å².